The van der Waals surface area contributed by atoms with E-state index in [2.05, 4.69) is 11.4 Å². The number of fused-ring (bicyclic) bond motifs is 1. The second-order valence-electron chi connectivity index (χ2n) is 5.20. The van der Waals surface area contributed by atoms with Crippen molar-refractivity contribution in [1.29, 1.82) is 0 Å². The molecule has 19 heavy (non-hydrogen) atoms. The Kier molecular flexibility index (Phi) is 2.86. The fourth-order valence-corrected chi connectivity index (χ4v) is 2.80. The van der Waals surface area contributed by atoms with Crippen molar-refractivity contribution >= 4 is 11.5 Å². The van der Waals surface area contributed by atoms with Gasteiger partial charge in [0.1, 0.15) is 0 Å². The van der Waals surface area contributed by atoms with Crippen LogP contribution in [0.4, 0.5) is 5.69 Å². The lowest BCUT2D eigenvalue weighted by molar-refractivity contribution is 0.0966. The first kappa shape index (κ1) is 12.0. The van der Waals surface area contributed by atoms with E-state index in [1.165, 1.54) is 5.56 Å². The summed E-state index contributed by atoms with van der Waals surface area (Å²) in [5, 5.41) is 3.31. The third kappa shape index (κ3) is 2.03. The van der Waals surface area contributed by atoms with E-state index in [1.807, 2.05) is 50.2 Å². The van der Waals surface area contributed by atoms with Crippen LogP contribution in [0.1, 0.15) is 33.0 Å². The third-order valence-electron chi connectivity index (χ3n) is 3.80. The molecule has 0 fully saturated rings. The molecule has 0 bridgehead atoms. The van der Waals surface area contributed by atoms with Crippen LogP contribution in [0.3, 0.4) is 0 Å². The predicted octanol–water partition coefficient (Wildman–Crippen LogP) is 3.70. The van der Waals surface area contributed by atoms with E-state index in [0.717, 1.165) is 22.4 Å². The van der Waals surface area contributed by atoms with Crippen LogP contribution in [-0.4, -0.2) is 12.3 Å². The smallest absolute Gasteiger partial charge is 0.172 e. The molecule has 1 N–H and O–H groups in total. The maximum absolute atomic E-state index is 12.7. The number of carbonyl (C=O) groups is 1. The molecular weight excluding hydrogens is 234 g/mol. The molecule has 0 aliphatic carbocycles. The summed E-state index contributed by atoms with van der Waals surface area (Å²) < 4.78 is 0. The number of nitrogens with one attached hydrogen (secondary N) is 1. The standard InChI is InChI=1S/C17H17NO/c1-11-7-8-13(12(2)9-11)17(19)15-10-18-16-6-4-3-5-14(15)16/h3-9,15,18H,10H2,1-2H3. The minimum Gasteiger partial charge on any atom is -0.384 e. The Labute approximate surface area is 113 Å². The quantitative estimate of drug-likeness (QED) is 0.825. The van der Waals surface area contributed by atoms with E-state index in [-0.39, 0.29) is 11.7 Å². The lowest BCUT2D eigenvalue weighted by atomic mass is 9.90. The molecule has 3 rings (SSSR count). The highest BCUT2D eigenvalue weighted by Crippen LogP contribution is 2.33. The minimum atomic E-state index is -0.0578. The van der Waals surface area contributed by atoms with Crippen LogP contribution in [0.2, 0.25) is 0 Å². The molecule has 2 aromatic rings. The Hall–Kier alpha value is -2.09. The summed E-state index contributed by atoms with van der Waals surface area (Å²) in [6.45, 7) is 4.76. The van der Waals surface area contributed by atoms with Crippen LogP contribution in [0.15, 0.2) is 42.5 Å². The zero-order valence-electron chi connectivity index (χ0n) is 11.2. The maximum atomic E-state index is 12.7. The first-order chi connectivity index (χ1) is 9.16. The first-order valence-electron chi connectivity index (χ1n) is 6.61. The summed E-state index contributed by atoms with van der Waals surface area (Å²) in [7, 11) is 0. The lowest BCUT2D eigenvalue weighted by Crippen LogP contribution is -2.16. The normalized spacial score (nSPS) is 16.8. The van der Waals surface area contributed by atoms with Gasteiger partial charge < -0.3 is 5.32 Å². The van der Waals surface area contributed by atoms with Crippen LogP contribution in [0.25, 0.3) is 0 Å². The number of Topliss-reactive ketones (excluding diaryl/α,β-unsaturated/α-hetero) is 1. The molecule has 2 nitrogen and oxygen atoms in total. The van der Waals surface area contributed by atoms with E-state index in [4.69, 9.17) is 0 Å². The van der Waals surface area contributed by atoms with Crippen LogP contribution < -0.4 is 5.32 Å². The highest BCUT2D eigenvalue weighted by molar-refractivity contribution is 6.04. The van der Waals surface area contributed by atoms with Gasteiger partial charge in [-0.2, -0.15) is 0 Å². The summed E-state index contributed by atoms with van der Waals surface area (Å²) in [5.41, 5.74) is 5.31. The van der Waals surface area contributed by atoms with E-state index >= 15 is 0 Å². The third-order valence-corrected chi connectivity index (χ3v) is 3.80. The average molecular weight is 251 g/mol. The van der Waals surface area contributed by atoms with Crippen molar-refractivity contribution in [1.82, 2.24) is 0 Å². The molecule has 0 radical (unpaired) electrons. The zero-order chi connectivity index (χ0) is 13.4. The molecule has 2 aromatic carbocycles. The van der Waals surface area contributed by atoms with Gasteiger partial charge >= 0.3 is 0 Å². The molecule has 0 spiro atoms. The number of hydrogen-bond donors (Lipinski definition) is 1. The van der Waals surface area contributed by atoms with Crippen molar-refractivity contribution in [3.8, 4) is 0 Å². The molecule has 1 heterocycles. The molecule has 1 unspecified atom stereocenters. The number of para-hydroxylation sites is 1. The number of benzene rings is 2. The molecule has 1 aliphatic rings. The topological polar surface area (TPSA) is 29.1 Å². The molecule has 0 saturated heterocycles. The van der Waals surface area contributed by atoms with Gasteiger partial charge in [-0.1, -0.05) is 42.0 Å². The minimum absolute atomic E-state index is 0.0578. The van der Waals surface area contributed by atoms with Crippen molar-refractivity contribution in [2.75, 3.05) is 11.9 Å². The van der Waals surface area contributed by atoms with E-state index in [0.29, 0.717) is 6.54 Å². The lowest BCUT2D eigenvalue weighted by Gasteiger charge is -2.12. The highest BCUT2D eigenvalue weighted by Gasteiger charge is 2.29. The Balaban J connectivity index is 1.98. The fourth-order valence-electron chi connectivity index (χ4n) is 2.80. The number of ketones is 1. The van der Waals surface area contributed by atoms with Crippen molar-refractivity contribution in [3.63, 3.8) is 0 Å². The van der Waals surface area contributed by atoms with Gasteiger partial charge in [0.25, 0.3) is 0 Å². The van der Waals surface area contributed by atoms with Gasteiger partial charge in [0, 0.05) is 17.8 Å². The van der Waals surface area contributed by atoms with Gasteiger partial charge in [0.05, 0.1) is 5.92 Å². The van der Waals surface area contributed by atoms with Gasteiger partial charge in [-0.3, -0.25) is 4.79 Å². The van der Waals surface area contributed by atoms with E-state index in [9.17, 15) is 4.79 Å². The Bertz CT molecular complexity index is 645. The van der Waals surface area contributed by atoms with Crippen molar-refractivity contribution < 1.29 is 4.79 Å². The fraction of sp³-hybridized carbons (Fsp3) is 0.235. The molecule has 0 saturated carbocycles. The summed E-state index contributed by atoms with van der Waals surface area (Å²) >= 11 is 0. The van der Waals surface area contributed by atoms with Gasteiger partial charge in [-0.05, 0) is 31.0 Å². The Morgan fingerprint density at radius 3 is 2.74 bits per heavy atom. The molecule has 1 aliphatic heterocycles. The first-order valence-corrected chi connectivity index (χ1v) is 6.61. The van der Waals surface area contributed by atoms with E-state index < -0.39 is 0 Å². The largest absolute Gasteiger partial charge is 0.384 e. The number of aryl methyl sites for hydroxylation is 2. The molecular formula is C17H17NO. The van der Waals surface area contributed by atoms with Crippen LogP contribution in [0.5, 0.6) is 0 Å². The Morgan fingerprint density at radius 1 is 1.16 bits per heavy atom. The van der Waals surface area contributed by atoms with Gasteiger partial charge in [-0.15, -0.1) is 0 Å². The Morgan fingerprint density at radius 2 is 1.95 bits per heavy atom. The van der Waals surface area contributed by atoms with Gasteiger partial charge in [0.2, 0.25) is 0 Å². The monoisotopic (exact) mass is 251 g/mol. The maximum Gasteiger partial charge on any atom is 0.172 e. The zero-order valence-corrected chi connectivity index (χ0v) is 11.2. The summed E-state index contributed by atoms with van der Waals surface area (Å²) in [5.74, 6) is 0.160. The molecule has 2 heteroatoms. The highest BCUT2D eigenvalue weighted by atomic mass is 16.1. The number of rotatable bonds is 2. The summed E-state index contributed by atoms with van der Waals surface area (Å²) in [4.78, 5) is 12.7. The van der Waals surface area contributed by atoms with Crippen LogP contribution >= 0.6 is 0 Å². The molecule has 1 atom stereocenters. The van der Waals surface area contributed by atoms with E-state index in [1.54, 1.807) is 0 Å². The van der Waals surface area contributed by atoms with Crippen molar-refractivity contribution in [2.24, 2.45) is 0 Å². The van der Waals surface area contributed by atoms with Gasteiger partial charge in [-0.25, -0.2) is 0 Å². The molecule has 0 aromatic heterocycles. The second kappa shape index (κ2) is 4.54. The summed E-state index contributed by atoms with van der Waals surface area (Å²) in [6, 6.07) is 14.1. The average Bonchev–Trinajstić information content (AvgIpc) is 2.82. The molecule has 96 valence electrons. The van der Waals surface area contributed by atoms with Gasteiger partial charge in [0.15, 0.2) is 5.78 Å². The number of hydrogen-bond acceptors (Lipinski definition) is 2. The van der Waals surface area contributed by atoms with Crippen molar-refractivity contribution in [2.45, 2.75) is 19.8 Å². The van der Waals surface area contributed by atoms with Crippen LogP contribution in [0, 0.1) is 13.8 Å². The SMILES string of the molecule is Cc1ccc(C(=O)C2CNc3ccccc32)c(C)c1. The summed E-state index contributed by atoms with van der Waals surface area (Å²) in [6.07, 6.45) is 0. The molecule has 0 amide bonds. The number of anilines is 1. The number of carbonyl (C=O) groups excluding carboxylic acids is 1. The second-order valence-corrected chi connectivity index (χ2v) is 5.20. The predicted molar refractivity (Wildman–Crippen MR) is 77.9 cm³/mol. The van der Waals surface area contributed by atoms with Crippen molar-refractivity contribution in [3.05, 3.63) is 64.7 Å². The van der Waals surface area contributed by atoms with Crippen LogP contribution in [-0.2, 0) is 0 Å².